The van der Waals surface area contributed by atoms with Crippen molar-refractivity contribution in [3.63, 3.8) is 0 Å². The van der Waals surface area contributed by atoms with Crippen LogP contribution in [0.3, 0.4) is 0 Å². The quantitative estimate of drug-likeness (QED) is 0.222. The van der Waals surface area contributed by atoms with E-state index in [1.165, 1.54) is 20.1 Å². The van der Waals surface area contributed by atoms with Crippen LogP contribution in [0.15, 0.2) is 47.3 Å². The molecule has 3 N–H and O–H groups in total. The predicted molar refractivity (Wildman–Crippen MR) is 184 cm³/mol. The molecule has 3 aromatic rings. The number of methoxy groups -OCH3 is 5. The first kappa shape index (κ1) is 35.3. The Kier molecular flexibility index (Phi) is 12.2. The molecule has 2 atom stereocenters. The van der Waals surface area contributed by atoms with E-state index >= 15 is 0 Å². The number of benzene rings is 2. The molecule has 1 aliphatic carbocycles. The molecule has 0 bridgehead atoms. The summed E-state index contributed by atoms with van der Waals surface area (Å²) in [5.41, 5.74) is 3.80. The van der Waals surface area contributed by atoms with Gasteiger partial charge in [-0.3, -0.25) is 14.4 Å². The van der Waals surface area contributed by atoms with Gasteiger partial charge < -0.3 is 39.6 Å². The van der Waals surface area contributed by atoms with Crippen molar-refractivity contribution in [2.75, 3.05) is 52.9 Å². The SMILES string of the molecule is COc1ccc(CNC(=O)C(CCSC)Nc2ccc3c(cc2=O)C(NC(C)=O)CCc2cc(OC)c(OC)c(OC)c2-3)cc1OC. The number of nitrogens with one attached hydrogen (secondary N) is 3. The van der Waals surface area contributed by atoms with Crippen LogP contribution in [0.1, 0.15) is 42.5 Å². The fraction of sp³-hybridized carbons (Fsp3) is 0.400. The first-order valence-electron chi connectivity index (χ1n) is 15.2. The lowest BCUT2D eigenvalue weighted by Crippen LogP contribution is -2.40. The van der Waals surface area contributed by atoms with Gasteiger partial charge in [0.05, 0.1) is 47.3 Å². The van der Waals surface area contributed by atoms with Crippen LogP contribution in [-0.4, -0.2) is 65.4 Å². The van der Waals surface area contributed by atoms with Gasteiger partial charge in [0.1, 0.15) is 6.04 Å². The summed E-state index contributed by atoms with van der Waals surface area (Å²) in [6, 6.07) is 11.3. The smallest absolute Gasteiger partial charge is 0.242 e. The molecule has 0 heterocycles. The lowest BCUT2D eigenvalue weighted by molar-refractivity contribution is -0.122. The molecule has 0 saturated carbocycles. The van der Waals surface area contributed by atoms with E-state index < -0.39 is 12.1 Å². The van der Waals surface area contributed by atoms with Crippen LogP contribution in [-0.2, 0) is 22.6 Å². The van der Waals surface area contributed by atoms with Gasteiger partial charge >= 0.3 is 0 Å². The highest BCUT2D eigenvalue weighted by Crippen LogP contribution is 2.50. The van der Waals surface area contributed by atoms with E-state index in [4.69, 9.17) is 23.7 Å². The number of thioether (sulfide) groups is 1. The maximum Gasteiger partial charge on any atom is 0.242 e. The first-order valence-corrected chi connectivity index (χ1v) is 16.6. The second kappa shape index (κ2) is 16.3. The number of hydrogen-bond donors (Lipinski definition) is 3. The number of amides is 2. The third-order valence-corrected chi connectivity index (χ3v) is 8.73. The van der Waals surface area contributed by atoms with E-state index in [0.29, 0.717) is 64.9 Å². The molecule has 0 radical (unpaired) electrons. The number of carbonyl (C=O) groups excluding carboxylic acids is 2. The van der Waals surface area contributed by atoms with Gasteiger partial charge in [0, 0.05) is 19.0 Å². The Morgan fingerprint density at radius 3 is 2.26 bits per heavy atom. The summed E-state index contributed by atoms with van der Waals surface area (Å²) in [6.45, 7) is 1.72. The fourth-order valence-electron chi connectivity index (χ4n) is 5.82. The van der Waals surface area contributed by atoms with E-state index in [0.717, 1.165) is 16.7 Å². The zero-order chi connectivity index (χ0) is 34.1. The molecule has 0 aromatic heterocycles. The summed E-state index contributed by atoms with van der Waals surface area (Å²) in [7, 11) is 7.78. The highest BCUT2D eigenvalue weighted by molar-refractivity contribution is 7.98. The molecule has 0 aliphatic heterocycles. The molecule has 0 spiro atoms. The predicted octanol–water partition coefficient (Wildman–Crippen LogP) is 4.73. The molecule has 0 fully saturated rings. The molecule has 2 amide bonds. The number of hydrogen-bond acceptors (Lipinski definition) is 10. The Morgan fingerprint density at radius 1 is 0.894 bits per heavy atom. The number of anilines is 1. The minimum atomic E-state index is -0.685. The zero-order valence-electron chi connectivity index (χ0n) is 27.9. The summed E-state index contributed by atoms with van der Waals surface area (Å²) >= 11 is 1.61. The minimum absolute atomic E-state index is 0.213. The topological polar surface area (TPSA) is 133 Å². The highest BCUT2D eigenvalue weighted by Gasteiger charge is 2.30. The lowest BCUT2D eigenvalue weighted by atomic mass is 9.95. The Balaban J connectivity index is 1.75. The monoisotopic (exact) mass is 665 g/mol. The second-order valence-corrected chi connectivity index (χ2v) is 12.0. The molecule has 12 heteroatoms. The highest BCUT2D eigenvalue weighted by atomic mass is 32.2. The van der Waals surface area contributed by atoms with Crippen LogP contribution in [0, 0.1) is 0 Å². The van der Waals surface area contributed by atoms with Crippen molar-refractivity contribution in [2.24, 2.45) is 0 Å². The van der Waals surface area contributed by atoms with Crippen molar-refractivity contribution < 1.29 is 33.3 Å². The van der Waals surface area contributed by atoms with E-state index in [1.807, 2.05) is 30.5 Å². The van der Waals surface area contributed by atoms with Crippen molar-refractivity contribution in [1.29, 1.82) is 0 Å². The van der Waals surface area contributed by atoms with E-state index in [9.17, 15) is 14.4 Å². The van der Waals surface area contributed by atoms with Crippen molar-refractivity contribution in [3.8, 4) is 39.9 Å². The van der Waals surface area contributed by atoms with Gasteiger partial charge in [-0.25, -0.2) is 0 Å². The maximum atomic E-state index is 13.9. The third-order valence-electron chi connectivity index (χ3n) is 8.09. The van der Waals surface area contributed by atoms with E-state index in [-0.39, 0.29) is 29.5 Å². The Hall–Kier alpha value is -4.58. The molecule has 3 aromatic carbocycles. The van der Waals surface area contributed by atoms with Crippen LogP contribution in [0.2, 0.25) is 0 Å². The number of fused-ring (bicyclic) bond motifs is 3. The third kappa shape index (κ3) is 8.05. The van der Waals surface area contributed by atoms with Crippen LogP contribution in [0.5, 0.6) is 28.7 Å². The largest absolute Gasteiger partial charge is 0.493 e. The average molecular weight is 666 g/mol. The normalized spacial score (nSPS) is 14.0. The van der Waals surface area contributed by atoms with Crippen LogP contribution < -0.4 is 45.1 Å². The van der Waals surface area contributed by atoms with Gasteiger partial charge in [0.25, 0.3) is 0 Å². The Morgan fingerprint density at radius 2 is 1.62 bits per heavy atom. The second-order valence-electron chi connectivity index (χ2n) is 11.0. The van der Waals surface area contributed by atoms with Crippen molar-refractivity contribution >= 4 is 29.3 Å². The lowest BCUT2D eigenvalue weighted by Gasteiger charge is -2.19. The standard InChI is InChI=1S/C35H43N3O8S/c1-20(39)37-25-11-9-22-17-31(44-4)33(45-5)34(46-6)32(22)23-10-12-26(28(40)18-24(23)25)38-27(14-15-47-7)35(41)36-19-21-8-13-29(42-2)30(16-21)43-3/h8,10,12-13,16-18,25,27H,9,11,14-15,19H2,1-7H3,(H,36,41)(H,37,39)(H,38,40). The number of carbonyl (C=O) groups is 2. The molecular formula is C35H43N3O8S. The summed E-state index contributed by atoms with van der Waals surface area (Å²) in [5.74, 6) is 2.80. The van der Waals surface area contributed by atoms with Gasteiger partial charge in [-0.15, -0.1) is 0 Å². The summed E-state index contributed by atoms with van der Waals surface area (Å²) in [6.07, 6.45) is 3.58. The van der Waals surface area contributed by atoms with Gasteiger partial charge in [-0.05, 0) is 83.9 Å². The first-order chi connectivity index (χ1) is 22.7. The molecule has 252 valence electrons. The van der Waals surface area contributed by atoms with Crippen LogP contribution in [0.4, 0.5) is 5.69 Å². The Labute approximate surface area is 279 Å². The molecule has 4 rings (SSSR count). The molecular weight excluding hydrogens is 622 g/mol. The maximum absolute atomic E-state index is 13.9. The van der Waals surface area contributed by atoms with E-state index in [1.54, 1.807) is 52.3 Å². The van der Waals surface area contributed by atoms with Crippen LogP contribution in [0.25, 0.3) is 11.1 Å². The van der Waals surface area contributed by atoms with Crippen molar-refractivity contribution in [3.05, 3.63) is 69.4 Å². The van der Waals surface area contributed by atoms with Crippen molar-refractivity contribution in [2.45, 2.75) is 44.8 Å². The molecule has 0 saturated heterocycles. The van der Waals surface area contributed by atoms with Crippen molar-refractivity contribution in [1.82, 2.24) is 10.6 Å². The average Bonchev–Trinajstić information content (AvgIpc) is 3.32. The number of aryl methyl sites for hydroxylation is 1. The van der Waals surface area contributed by atoms with Gasteiger partial charge in [-0.1, -0.05) is 12.1 Å². The summed E-state index contributed by atoms with van der Waals surface area (Å²) in [5, 5.41) is 9.23. The van der Waals surface area contributed by atoms with Gasteiger partial charge in [-0.2, -0.15) is 11.8 Å². The molecule has 47 heavy (non-hydrogen) atoms. The summed E-state index contributed by atoms with van der Waals surface area (Å²) in [4.78, 5) is 39.7. The number of ether oxygens (including phenoxy) is 5. The Bertz CT molecular complexity index is 1670. The summed E-state index contributed by atoms with van der Waals surface area (Å²) < 4.78 is 27.9. The molecule has 1 aliphatic rings. The zero-order valence-corrected chi connectivity index (χ0v) is 28.7. The molecule has 11 nitrogen and oxygen atoms in total. The van der Waals surface area contributed by atoms with Gasteiger partial charge in [0.15, 0.2) is 23.0 Å². The van der Waals surface area contributed by atoms with Gasteiger partial charge in [0.2, 0.25) is 23.0 Å². The van der Waals surface area contributed by atoms with E-state index in [2.05, 4.69) is 16.0 Å². The molecule has 2 unspecified atom stereocenters. The fourth-order valence-corrected chi connectivity index (χ4v) is 6.29. The van der Waals surface area contributed by atoms with Crippen LogP contribution >= 0.6 is 11.8 Å². The minimum Gasteiger partial charge on any atom is -0.493 e. The number of rotatable bonds is 14.